The average molecular weight is 283 g/mol. The normalized spacial score (nSPS) is 10.8. The topological polar surface area (TPSA) is 42.1 Å². The maximum atomic E-state index is 13.9. The van der Waals surface area contributed by atoms with E-state index in [1.54, 1.807) is 12.1 Å². The number of aryl methyl sites for hydroxylation is 1. The van der Waals surface area contributed by atoms with Crippen LogP contribution < -0.4 is 4.74 Å². The molecule has 0 atom stereocenters. The van der Waals surface area contributed by atoms with Crippen molar-refractivity contribution in [3.63, 3.8) is 0 Å². The van der Waals surface area contributed by atoms with Crippen LogP contribution >= 0.6 is 0 Å². The van der Waals surface area contributed by atoms with Crippen molar-refractivity contribution in [2.75, 3.05) is 7.11 Å². The number of carbonyl (C=O) groups excluding carboxylic acids is 1. The van der Waals surface area contributed by atoms with Gasteiger partial charge in [-0.25, -0.2) is 4.39 Å². The van der Waals surface area contributed by atoms with Crippen molar-refractivity contribution < 1.29 is 13.9 Å². The first-order valence-corrected chi connectivity index (χ1v) is 6.56. The van der Waals surface area contributed by atoms with E-state index in [0.29, 0.717) is 16.8 Å². The summed E-state index contributed by atoms with van der Waals surface area (Å²) in [6.07, 6.45) is 0.801. The second-order valence-corrected chi connectivity index (χ2v) is 4.88. The first-order chi connectivity index (χ1) is 10.2. The number of aromatic amines is 1. The van der Waals surface area contributed by atoms with Gasteiger partial charge in [0, 0.05) is 22.0 Å². The molecule has 0 aliphatic rings. The number of ether oxygens (including phenoxy) is 1. The zero-order chi connectivity index (χ0) is 15.0. The molecule has 2 aromatic carbocycles. The highest BCUT2D eigenvalue weighted by Crippen LogP contribution is 2.32. The number of para-hydroxylation sites is 1. The van der Waals surface area contributed by atoms with E-state index < -0.39 is 5.82 Å². The predicted octanol–water partition coefficient (Wildman–Crippen LogP) is 4.10. The number of hydrogen-bond donors (Lipinski definition) is 1. The van der Waals surface area contributed by atoms with E-state index in [4.69, 9.17) is 4.74 Å². The van der Waals surface area contributed by atoms with Crippen molar-refractivity contribution in [1.82, 2.24) is 4.98 Å². The number of nitrogens with one attached hydrogen (secondary N) is 1. The molecule has 0 amide bonds. The van der Waals surface area contributed by atoms with Crippen molar-refractivity contribution in [2.45, 2.75) is 6.92 Å². The van der Waals surface area contributed by atoms with Gasteiger partial charge in [0.2, 0.25) is 0 Å². The molecular weight excluding hydrogens is 269 g/mol. The molecule has 0 unspecified atom stereocenters. The number of halogens is 1. The molecule has 0 fully saturated rings. The van der Waals surface area contributed by atoms with Crippen molar-refractivity contribution in [3.8, 4) is 17.0 Å². The maximum Gasteiger partial charge on any atom is 0.165 e. The van der Waals surface area contributed by atoms with Crippen LogP contribution in [-0.2, 0) is 0 Å². The highest BCUT2D eigenvalue weighted by Gasteiger charge is 2.15. The summed E-state index contributed by atoms with van der Waals surface area (Å²) in [6, 6.07) is 10.4. The van der Waals surface area contributed by atoms with Gasteiger partial charge in [-0.1, -0.05) is 18.2 Å². The van der Waals surface area contributed by atoms with Gasteiger partial charge in [0.1, 0.15) is 0 Å². The molecule has 0 bridgehead atoms. The van der Waals surface area contributed by atoms with Gasteiger partial charge in [-0.05, 0) is 30.7 Å². The van der Waals surface area contributed by atoms with Crippen LogP contribution in [0, 0.1) is 12.7 Å². The van der Waals surface area contributed by atoms with Crippen LogP contribution in [0.3, 0.4) is 0 Å². The molecule has 0 saturated heterocycles. The molecule has 0 saturated carbocycles. The Morgan fingerprint density at radius 2 is 2.05 bits per heavy atom. The fourth-order valence-electron chi connectivity index (χ4n) is 2.56. The monoisotopic (exact) mass is 283 g/mol. The molecule has 1 N–H and O–H groups in total. The summed E-state index contributed by atoms with van der Waals surface area (Å²) in [7, 11) is 1.42. The molecule has 0 aliphatic carbocycles. The largest absolute Gasteiger partial charge is 0.494 e. The second-order valence-electron chi connectivity index (χ2n) is 4.88. The van der Waals surface area contributed by atoms with Gasteiger partial charge in [-0.3, -0.25) is 4.79 Å². The number of benzene rings is 2. The molecule has 0 radical (unpaired) electrons. The summed E-state index contributed by atoms with van der Waals surface area (Å²) < 4.78 is 18.8. The third kappa shape index (κ3) is 2.09. The van der Waals surface area contributed by atoms with E-state index in [1.807, 2.05) is 25.1 Å². The molecule has 3 rings (SSSR count). The average Bonchev–Trinajstić information content (AvgIpc) is 2.87. The molecule has 0 spiro atoms. The molecule has 3 aromatic rings. The van der Waals surface area contributed by atoms with Crippen LogP contribution in [0.25, 0.3) is 22.2 Å². The van der Waals surface area contributed by atoms with Crippen molar-refractivity contribution in [2.24, 2.45) is 0 Å². The fourth-order valence-corrected chi connectivity index (χ4v) is 2.56. The SMILES string of the molecule is COc1ccc(-c2[nH]c3c(C)cccc3c2C=O)cc1F. The minimum Gasteiger partial charge on any atom is -0.494 e. The number of rotatable bonds is 3. The number of carbonyl (C=O) groups is 1. The van der Waals surface area contributed by atoms with Crippen LogP contribution in [0.15, 0.2) is 36.4 Å². The highest BCUT2D eigenvalue weighted by molar-refractivity contribution is 6.05. The Balaban J connectivity index is 2.27. The smallest absolute Gasteiger partial charge is 0.165 e. The molecule has 1 aromatic heterocycles. The quantitative estimate of drug-likeness (QED) is 0.735. The Bertz CT molecular complexity index is 836. The Morgan fingerprint density at radius 1 is 1.24 bits per heavy atom. The first kappa shape index (κ1) is 13.4. The van der Waals surface area contributed by atoms with E-state index in [0.717, 1.165) is 22.8 Å². The van der Waals surface area contributed by atoms with Gasteiger partial charge in [0.15, 0.2) is 17.9 Å². The molecule has 1 heterocycles. The Kier molecular flexibility index (Phi) is 3.22. The summed E-state index contributed by atoms with van der Waals surface area (Å²) in [5.41, 5.74) is 3.71. The molecule has 0 aliphatic heterocycles. The summed E-state index contributed by atoms with van der Waals surface area (Å²) >= 11 is 0. The lowest BCUT2D eigenvalue weighted by Crippen LogP contribution is -1.90. The summed E-state index contributed by atoms with van der Waals surface area (Å²) in [6.45, 7) is 1.96. The molecule has 3 nitrogen and oxygen atoms in total. The number of fused-ring (bicyclic) bond motifs is 1. The molecular formula is C17H14FNO2. The minimum atomic E-state index is -0.456. The predicted molar refractivity (Wildman–Crippen MR) is 80.4 cm³/mol. The Hall–Kier alpha value is -2.62. The third-order valence-electron chi connectivity index (χ3n) is 3.64. The maximum absolute atomic E-state index is 13.9. The molecule has 21 heavy (non-hydrogen) atoms. The fraction of sp³-hybridized carbons (Fsp3) is 0.118. The zero-order valence-corrected chi connectivity index (χ0v) is 11.7. The van der Waals surface area contributed by atoms with E-state index in [9.17, 15) is 9.18 Å². The van der Waals surface area contributed by atoms with Crippen molar-refractivity contribution in [1.29, 1.82) is 0 Å². The van der Waals surface area contributed by atoms with E-state index in [-0.39, 0.29) is 5.75 Å². The number of hydrogen-bond acceptors (Lipinski definition) is 2. The second kappa shape index (κ2) is 5.05. The summed E-state index contributed by atoms with van der Waals surface area (Å²) in [5.74, 6) is -0.277. The minimum absolute atomic E-state index is 0.179. The van der Waals surface area contributed by atoms with Gasteiger partial charge in [-0.2, -0.15) is 0 Å². The lowest BCUT2D eigenvalue weighted by molar-refractivity contribution is 0.112. The van der Waals surface area contributed by atoms with Crippen LogP contribution in [0.2, 0.25) is 0 Å². The third-order valence-corrected chi connectivity index (χ3v) is 3.64. The van der Waals surface area contributed by atoms with Gasteiger partial charge in [0.25, 0.3) is 0 Å². The summed E-state index contributed by atoms with van der Waals surface area (Å²) in [5, 5.41) is 0.844. The first-order valence-electron chi connectivity index (χ1n) is 6.56. The lowest BCUT2D eigenvalue weighted by Gasteiger charge is -2.04. The lowest BCUT2D eigenvalue weighted by atomic mass is 10.0. The van der Waals surface area contributed by atoms with Crippen LogP contribution in [0.5, 0.6) is 5.75 Å². The molecule has 4 heteroatoms. The zero-order valence-electron chi connectivity index (χ0n) is 11.7. The van der Waals surface area contributed by atoms with Gasteiger partial charge < -0.3 is 9.72 Å². The van der Waals surface area contributed by atoms with Crippen LogP contribution in [-0.4, -0.2) is 18.4 Å². The number of H-pyrrole nitrogens is 1. The van der Waals surface area contributed by atoms with Crippen LogP contribution in [0.4, 0.5) is 4.39 Å². The number of aldehydes is 1. The summed E-state index contributed by atoms with van der Waals surface area (Å²) in [4.78, 5) is 14.7. The van der Waals surface area contributed by atoms with Gasteiger partial charge in [0.05, 0.1) is 12.8 Å². The van der Waals surface area contributed by atoms with Gasteiger partial charge >= 0.3 is 0 Å². The molecule has 106 valence electrons. The Morgan fingerprint density at radius 3 is 2.71 bits per heavy atom. The van der Waals surface area contributed by atoms with Crippen molar-refractivity contribution >= 4 is 17.2 Å². The van der Waals surface area contributed by atoms with Crippen molar-refractivity contribution in [3.05, 3.63) is 53.3 Å². The van der Waals surface area contributed by atoms with E-state index in [2.05, 4.69) is 4.98 Å². The number of methoxy groups -OCH3 is 1. The van der Waals surface area contributed by atoms with E-state index >= 15 is 0 Å². The Labute approximate surface area is 121 Å². The van der Waals surface area contributed by atoms with Crippen LogP contribution in [0.1, 0.15) is 15.9 Å². The van der Waals surface area contributed by atoms with E-state index in [1.165, 1.54) is 13.2 Å². The highest BCUT2D eigenvalue weighted by atomic mass is 19.1. The van der Waals surface area contributed by atoms with Gasteiger partial charge in [-0.15, -0.1) is 0 Å². The standard InChI is InChI=1S/C17H14FNO2/c1-10-4-3-5-12-13(9-20)17(19-16(10)12)11-6-7-15(21-2)14(18)8-11/h3-9,19H,1-2H3. The number of aromatic nitrogens is 1.